The van der Waals surface area contributed by atoms with E-state index < -0.39 is 0 Å². The average molecular weight is 413 g/mol. The number of piperazine rings is 1. The van der Waals surface area contributed by atoms with Gasteiger partial charge in [0.1, 0.15) is 0 Å². The molecular formula is C21H28N6OS. The van der Waals surface area contributed by atoms with Crippen molar-refractivity contribution in [2.75, 3.05) is 55.6 Å². The van der Waals surface area contributed by atoms with Crippen molar-refractivity contribution in [2.24, 2.45) is 0 Å². The van der Waals surface area contributed by atoms with Crippen LogP contribution in [-0.4, -0.2) is 71.0 Å². The number of unbranched alkanes of at least 4 members (excludes halogenated alkanes) is 1. The van der Waals surface area contributed by atoms with E-state index in [0.29, 0.717) is 6.54 Å². The number of rotatable bonds is 7. The molecule has 0 saturated carbocycles. The van der Waals surface area contributed by atoms with E-state index in [0.717, 1.165) is 68.6 Å². The van der Waals surface area contributed by atoms with Crippen molar-refractivity contribution in [1.29, 1.82) is 0 Å². The standard InChI is InChI=1S/C21H28N6OS/c1-2-26-18-8-3-4-9-19(18)29-27(21(26)28)13-6-5-12-24-14-16-25(17-15-24)20-22-10-7-11-23-20/h3-4,7-11H,2,5-6,12-17H2,1H3. The van der Waals surface area contributed by atoms with Crippen molar-refractivity contribution in [3.63, 3.8) is 0 Å². The first-order valence-electron chi connectivity index (χ1n) is 10.4. The maximum atomic E-state index is 12.8. The van der Waals surface area contributed by atoms with Crippen LogP contribution in [0.5, 0.6) is 0 Å². The smallest absolute Gasteiger partial charge is 0.334 e. The van der Waals surface area contributed by atoms with Crippen LogP contribution in [0.2, 0.25) is 0 Å². The Morgan fingerprint density at radius 1 is 0.966 bits per heavy atom. The number of para-hydroxylation sites is 1. The van der Waals surface area contributed by atoms with Gasteiger partial charge in [0.25, 0.3) is 0 Å². The van der Waals surface area contributed by atoms with Gasteiger partial charge in [-0.25, -0.2) is 14.8 Å². The number of carbonyl (C=O) groups excluding carboxylic acids is 1. The van der Waals surface area contributed by atoms with Crippen molar-refractivity contribution in [3.05, 3.63) is 42.7 Å². The van der Waals surface area contributed by atoms with Gasteiger partial charge in [-0.15, -0.1) is 0 Å². The maximum absolute atomic E-state index is 12.8. The molecule has 4 rings (SSSR count). The topological polar surface area (TPSA) is 55.8 Å². The first-order valence-corrected chi connectivity index (χ1v) is 11.1. The number of amides is 2. The summed E-state index contributed by atoms with van der Waals surface area (Å²) in [5.74, 6) is 0.827. The summed E-state index contributed by atoms with van der Waals surface area (Å²) in [5, 5.41) is 0. The van der Waals surface area contributed by atoms with Crippen LogP contribution in [0.25, 0.3) is 0 Å². The fourth-order valence-electron chi connectivity index (χ4n) is 3.82. The van der Waals surface area contributed by atoms with E-state index in [1.165, 1.54) is 0 Å². The second-order valence-corrected chi connectivity index (χ2v) is 8.34. The molecule has 1 aromatic heterocycles. The Bertz CT molecular complexity index is 812. The van der Waals surface area contributed by atoms with Crippen molar-refractivity contribution in [3.8, 4) is 0 Å². The molecule has 0 radical (unpaired) electrons. The molecule has 1 aromatic carbocycles. The molecule has 2 aromatic rings. The zero-order valence-corrected chi connectivity index (χ0v) is 17.7. The Kier molecular flexibility index (Phi) is 6.51. The molecule has 2 aliphatic rings. The monoisotopic (exact) mass is 412 g/mol. The summed E-state index contributed by atoms with van der Waals surface area (Å²) in [4.78, 5) is 29.3. The minimum absolute atomic E-state index is 0.104. The molecule has 3 heterocycles. The van der Waals surface area contributed by atoms with Crippen molar-refractivity contribution >= 4 is 29.6 Å². The molecular weight excluding hydrogens is 384 g/mol. The van der Waals surface area contributed by atoms with Gasteiger partial charge in [-0.3, -0.25) is 14.1 Å². The van der Waals surface area contributed by atoms with Crippen LogP contribution >= 0.6 is 11.9 Å². The molecule has 8 heteroatoms. The zero-order chi connectivity index (χ0) is 20.1. The van der Waals surface area contributed by atoms with Crippen LogP contribution < -0.4 is 9.80 Å². The van der Waals surface area contributed by atoms with Gasteiger partial charge in [0.2, 0.25) is 5.95 Å². The van der Waals surface area contributed by atoms with E-state index in [1.807, 2.05) is 40.4 Å². The normalized spacial score (nSPS) is 17.6. The number of anilines is 2. The Morgan fingerprint density at radius 3 is 2.45 bits per heavy atom. The van der Waals surface area contributed by atoms with Crippen LogP contribution in [0.15, 0.2) is 47.6 Å². The van der Waals surface area contributed by atoms with Gasteiger partial charge in [0.15, 0.2) is 0 Å². The Labute approximate surface area is 176 Å². The lowest BCUT2D eigenvalue weighted by Crippen LogP contribution is -2.47. The molecule has 0 bridgehead atoms. The predicted octanol–water partition coefficient (Wildman–Crippen LogP) is 3.35. The quantitative estimate of drug-likeness (QED) is 0.514. The van der Waals surface area contributed by atoms with Gasteiger partial charge >= 0.3 is 6.03 Å². The fourth-order valence-corrected chi connectivity index (χ4v) is 4.86. The zero-order valence-electron chi connectivity index (χ0n) is 16.9. The minimum Gasteiger partial charge on any atom is -0.338 e. The van der Waals surface area contributed by atoms with Crippen LogP contribution in [0.3, 0.4) is 0 Å². The highest BCUT2D eigenvalue weighted by Gasteiger charge is 2.29. The number of fused-ring (bicyclic) bond motifs is 1. The SMILES string of the molecule is CCN1C(=O)N(CCCCN2CCN(c3ncccn3)CC2)Sc2ccccc21. The second kappa shape index (κ2) is 9.45. The number of urea groups is 1. The number of nitrogens with zero attached hydrogens (tertiary/aromatic N) is 6. The number of hydrogen-bond acceptors (Lipinski definition) is 6. The van der Waals surface area contributed by atoms with Gasteiger partial charge in [-0.05, 0) is 56.5 Å². The number of carbonyl (C=O) groups is 1. The maximum Gasteiger partial charge on any atom is 0.334 e. The number of benzene rings is 1. The van der Waals surface area contributed by atoms with E-state index in [2.05, 4.69) is 25.8 Å². The van der Waals surface area contributed by atoms with Crippen molar-refractivity contribution < 1.29 is 4.79 Å². The third-order valence-corrected chi connectivity index (χ3v) is 6.52. The average Bonchev–Trinajstić information content (AvgIpc) is 2.78. The van der Waals surface area contributed by atoms with E-state index >= 15 is 0 Å². The summed E-state index contributed by atoms with van der Waals surface area (Å²) < 4.78 is 1.91. The summed E-state index contributed by atoms with van der Waals surface area (Å²) in [5.41, 5.74) is 1.03. The molecule has 0 aliphatic carbocycles. The molecule has 7 nitrogen and oxygen atoms in total. The van der Waals surface area contributed by atoms with Gasteiger partial charge in [0.05, 0.1) is 10.6 Å². The molecule has 1 saturated heterocycles. The van der Waals surface area contributed by atoms with Crippen molar-refractivity contribution in [1.82, 2.24) is 19.2 Å². The lowest BCUT2D eigenvalue weighted by atomic mass is 10.2. The molecule has 1 fully saturated rings. The Hall–Kier alpha value is -2.32. The predicted molar refractivity (Wildman–Crippen MR) is 117 cm³/mol. The molecule has 2 amide bonds. The highest BCUT2D eigenvalue weighted by molar-refractivity contribution is 7.97. The van der Waals surface area contributed by atoms with Gasteiger partial charge in [-0.1, -0.05) is 12.1 Å². The molecule has 0 spiro atoms. The van der Waals surface area contributed by atoms with E-state index in [-0.39, 0.29) is 6.03 Å². The van der Waals surface area contributed by atoms with E-state index in [9.17, 15) is 4.79 Å². The van der Waals surface area contributed by atoms with Gasteiger partial charge in [-0.2, -0.15) is 0 Å². The highest BCUT2D eigenvalue weighted by Crippen LogP contribution is 2.38. The molecule has 154 valence electrons. The highest BCUT2D eigenvalue weighted by atomic mass is 32.2. The minimum atomic E-state index is 0.104. The van der Waals surface area contributed by atoms with Crippen LogP contribution in [0, 0.1) is 0 Å². The first-order chi connectivity index (χ1) is 14.3. The molecule has 2 aliphatic heterocycles. The first kappa shape index (κ1) is 20.0. The summed E-state index contributed by atoms with van der Waals surface area (Å²) in [6.07, 6.45) is 5.71. The van der Waals surface area contributed by atoms with Crippen LogP contribution in [0.1, 0.15) is 19.8 Å². The Morgan fingerprint density at radius 2 is 1.69 bits per heavy atom. The summed E-state index contributed by atoms with van der Waals surface area (Å²) in [6, 6.07) is 10.1. The molecule has 29 heavy (non-hydrogen) atoms. The lowest BCUT2D eigenvalue weighted by Gasteiger charge is -2.36. The van der Waals surface area contributed by atoms with E-state index in [1.54, 1.807) is 24.3 Å². The lowest BCUT2D eigenvalue weighted by molar-refractivity contribution is 0.227. The van der Waals surface area contributed by atoms with Gasteiger partial charge in [0, 0.05) is 51.7 Å². The van der Waals surface area contributed by atoms with E-state index in [4.69, 9.17) is 0 Å². The summed E-state index contributed by atoms with van der Waals surface area (Å²) >= 11 is 1.58. The third kappa shape index (κ3) is 4.64. The molecule has 0 N–H and O–H groups in total. The van der Waals surface area contributed by atoms with Gasteiger partial charge < -0.3 is 4.90 Å². The number of hydrogen-bond donors (Lipinski definition) is 0. The fraction of sp³-hybridized carbons (Fsp3) is 0.476. The van der Waals surface area contributed by atoms with Crippen LogP contribution in [-0.2, 0) is 0 Å². The third-order valence-electron chi connectivity index (χ3n) is 5.42. The second-order valence-electron chi connectivity index (χ2n) is 7.27. The summed E-state index contributed by atoms with van der Waals surface area (Å²) in [7, 11) is 0. The molecule has 0 atom stereocenters. The van der Waals surface area contributed by atoms with Crippen LogP contribution in [0.4, 0.5) is 16.4 Å². The largest absolute Gasteiger partial charge is 0.338 e. The van der Waals surface area contributed by atoms with Crippen molar-refractivity contribution in [2.45, 2.75) is 24.7 Å². The number of aromatic nitrogens is 2. The molecule has 0 unspecified atom stereocenters. The summed E-state index contributed by atoms with van der Waals surface area (Å²) in [6.45, 7) is 8.58. The Balaban J connectivity index is 1.21.